The van der Waals surface area contributed by atoms with E-state index < -0.39 is 0 Å². The summed E-state index contributed by atoms with van der Waals surface area (Å²) in [6.07, 6.45) is 6.54. The molecule has 1 atom stereocenters. The molecular weight excluding hydrogens is 341 g/mol. The van der Waals surface area contributed by atoms with Crippen molar-refractivity contribution < 1.29 is 9.18 Å². The zero-order valence-electron chi connectivity index (χ0n) is 15.3. The number of hydrogen-bond acceptors (Lipinski definition) is 2. The highest BCUT2D eigenvalue weighted by molar-refractivity contribution is 6.00. The van der Waals surface area contributed by atoms with Gasteiger partial charge in [0.15, 0.2) is 0 Å². The van der Waals surface area contributed by atoms with Gasteiger partial charge in [-0.2, -0.15) is 0 Å². The standard InChI is InChI=1S/C22H22FN3O/c1-25-15-13-24-21(25)18-6-2-3-7-19(18)22(27)26-14-5-4-8-20(26)16-9-11-17(23)12-10-16/h2-3,6-7,9-13,15,20H,4-5,8,14H2,1H3. The molecule has 1 amide bonds. The van der Waals surface area contributed by atoms with Gasteiger partial charge in [-0.1, -0.05) is 30.3 Å². The van der Waals surface area contributed by atoms with Crippen molar-refractivity contribution in [2.45, 2.75) is 25.3 Å². The van der Waals surface area contributed by atoms with Crippen LogP contribution in [-0.4, -0.2) is 26.9 Å². The molecule has 4 rings (SSSR count). The molecule has 2 heterocycles. The number of carbonyl (C=O) groups is 1. The van der Waals surface area contributed by atoms with E-state index in [1.54, 1.807) is 18.3 Å². The number of halogens is 1. The molecule has 1 aromatic heterocycles. The molecular formula is C22H22FN3O. The number of nitrogens with zero attached hydrogens (tertiary/aromatic N) is 3. The van der Waals surface area contributed by atoms with E-state index >= 15 is 0 Å². The lowest BCUT2D eigenvalue weighted by Crippen LogP contribution is -2.38. The highest BCUT2D eigenvalue weighted by Gasteiger charge is 2.30. The van der Waals surface area contributed by atoms with Gasteiger partial charge < -0.3 is 9.47 Å². The third kappa shape index (κ3) is 3.37. The molecule has 0 radical (unpaired) electrons. The fourth-order valence-electron chi connectivity index (χ4n) is 3.85. The lowest BCUT2D eigenvalue weighted by atomic mass is 9.93. The fraction of sp³-hybridized carbons (Fsp3) is 0.273. The van der Waals surface area contributed by atoms with Crippen LogP contribution in [0, 0.1) is 5.82 Å². The van der Waals surface area contributed by atoms with Gasteiger partial charge in [0.1, 0.15) is 11.6 Å². The van der Waals surface area contributed by atoms with Crippen LogP contribution >= 0.6 is 0 Å². The van der Waals surface area contributed by atoms with E-state index in [1.165, 1.54) is 12.1 Å². The summed E-state index contributed by atoms with van der Waals surface area (Å²) in [5.74, 6) is 0.518. The number of carbonyl (C=O) groups excluding carboxylic acids is 1. The zero-order valence-corrected chi connectivity index (χ0v) is 15.3. The number of imidazole rings is 1. The normalized spacial score (nSPS) is 17.1. The van der Waals surface area contributed by atoms with E-state index in [9.17, 15) is 9.18 Å². The Labute approximate surface area is 158 Å². The molecule has 2 aromatic carbocycles. The minimum absolute atomic E-state index is 0.00243. The summed E-state index contributed by atoms with van der Waals surface area (Å²) in [6.45, 7) is 0.704. The molecule has 0 spiro atoms. The summed E-state index contributed by atoms with van der Waals surface area (Å²) in [7, 11) is 1.92. The van der Waals surface area contributed by atoms with Crippen molar-refractivity contribution in [2.75, 3.05) is 6.54 Å². The molecule has 1 aliphatic rings. The van der Waals surface area contributed by atoms with Gasteiger partial charge in [-0.25, -0.2) is 9.37 Å². The quantitative estimate of drug-likeness (QED) is 0.682. The molecule has 4 nitrogen and oxygen atoms in total. The summed E-state index contributed by atoms with van der Waals surface area (Å²) < 4.78 is 15.2. The van der Waals surface area contributed by atoms with E-state index in [2.05, 4.69) is 4.98 Å². The Kier molecular flexibility index (Phi) is 4.75. The molecule has 1 unspecified atom stereocenters. The van der Waals surface area contributed by atoms with Gasteiger partial charge in [0.25, 0.3) is 5.91 Å². The van der Waals surface area contributed by atoms with Crippen molar-refractivity contribution >= 4 is 5.91 Å². The first-order valence-corrected chi connectivity index (χ1v) is 9.28. The highest BCUT2D eigenvalue weighted by atomic mass is 19.1. The topological polar surface area (TPSA) is 38.1 Å². The second-order valence-electron chi connectivity index (χ2n) is 6.97. The summed E-state index contributed by atoms with van der Waals surface area (Å²) >= 11 is 0. The maximum Gasteiger partial charge on any atom is 0.255 e. The highest BCUT2D eigenvalue weighted by Crippen LogP contribution is 2.34. The molecule has 1 saturated heterocycles. The average Bonchev–Trinajstić information content (AvgIpc) is 3.14. The van der Waals surface area contributed by atoms with Crippen LogP contribution in [0.15, 0.2) is 60.9 Å². The second kappa shape index (κ2) is 7.35. The first-order chi connectivity index (χ1) is 13.1. The first-order valence-electron chi connectivity index (χ1n) is 9.28. The van der Waals surface area contributed by atoms with Gasteiger partial charge in [0.2, 0.25) is 0 Å². The van der Waals surface area contributed by atoms with E-state index in [0.29, 0.717) is 12.1 Å². The maximum absolute atomic E-state index is 13.5. The Balaban J connectivity index is 1.71. The van der Waals surface area contributed by atoms with Crippen molar-refractivity contribution in [1.82, 2.24) is 14.5 Å². The third-order valence-corrected chi connectivity index (χ3v) is 5.24. The molecule has 27 heavy (non-hydrogen) atoms. The summed E-state index contributed by atoms with van der Waals surface area (Å²) in [5.41, 5.74) is 2.47. The first kappa shape index (κ1) is 17.5. The Morgan fingerprint density at radius 2 is 1.89 bits per heavy atom. The molecule has 0 saturated carbocycles. The van der Waals surface area contributed by atoms with Gasteiger partial charge >= 0.3 is 0 Å². The van der Waals surface area contributed by atoms with E-state index in [0.717, 1.165) is 36.2 Å². The molecule has 0 aliphatic carbocycles. The van der Waals surface area contributed by atoms with Crippen LogP contribution in [0.4, 0.5) is 4.39 Å². The largest absolute Gasteiger partial charge is 0.334 e. The van der Waals surface area contributed by atoms with Gasteiger partial charge in [0, 0.05) is 31.5 Å². The van der Waals surface area contributed by atoms with Crippen molar-refractivity contribution in [3.05, 3.63) is 77.9 Å². The minimum Gasteiger partial charge on any atom is -0.334 e. The van der Waals surface area contributed by atoms with Crippen LogP contribution in [0.25, 0.3) is 11.4 Å². The van der Waals surface area contributed by atoms with Gasteiger partial charge in [-0.3, -0.25) is 4.79 Å². The Morgan fingerprint density at radius 1 is 1.11 bits per heavy atom. The maximum atomic E-state index is 13.5. The predicted molar refractivity (Wildman–Crippen MR) is 103 cm³/mol. The summed E-state index contributed by atoms with van der Waals surface area (Å²) in [5, 5.41) is 0. The molecule has 5 heteroatoms. The van der Waals surface area contributed by atoms with Crippen LogP contribution in [0.5, 0.6) is 0 Å². The van der Waals surface area contributed by atoms with Crippen LogP contribution in [-0.2, 0) is 7.05 Å². The van der Waals surface area contributed by atoms with Crippen LogP contribution in [0.2, 0.25) is 0 Å². The molecule has 1 aliphatic heterocycles. The Hall–Kier alpha value is -2.95. The second-order valence-corrected chi connectivity index (χ2v) is 6.97. The van der Waals surface area contributed by atoms with Crippen molar-refractivity contribution in [3.63, 3.8) is 0 Å². The van der Waals surface area contributed by atoms with E-state index in [4.69, 9.17) is 0 Å². The number of rotatable bonds is 3. The third-order valence-electron chi connectivity index (χ3n) is 5.24. The van der Waals surface area contributed by atoms with Crippen LogP contribution in [0.1, 0.15) is 41.2 Å². The lowest BCUT2D eigenvalue weighted by molar-refractivity contribution is 0.0612. The SMILES string of the molecule is Cn1ccnc1-c1ccccc1C(=O)N1CCCCC1c1ccc(F)cc1. The van der Waals surface area contributed by atoms with Crippen molar-refractivity contribution in [1.29, 1.82) is 0 Å². The molecule has 1 fully saturated rings. The van der Waals surface area contributed by atoms with E-state index in [1.807, 2.05) is 47.0 Å². The average molecular weight is 363 g/mol. The van der Waals surface area contributed by atoms with Gasteiger partial charge in [-0.15, -0.1) is 0 Å². The summed E-state index contributed by atoms with van der Waals surface area (Å²) in [4.78, 5) is 19.8. The Morgan fingerprint density at radius 3 is 2.63 bits per heavy atom. The Bertz CT molecular complexity index is 948. The monoisotopic (exact) mass is 363 g/mol. The molecule has 0 N–H and O–H groups in total. The van der Waals surface area contributed by atoms with Crippen molar-refractivity contribution in [3.8, 4) is 11.4 Å². The molecule has 0 bridgehead atoms. The van der Waals surface area contributed by atoms with Gasteiger partial charge in [0.05, 0.1) is 11.6 Å². The summed E-state index contributed by atoms with van der Waals surface area (Å²) in [6, 6.07) is 14.1. The lowest BCUT2D eigenvalue weighted by Gasteiger charge is -2.36. The predicted octanol–water partition coefficient (Wildman–Crippen LogP) is 4.59. The number of benzene rings is 2. The number of piperidine rings is 1. The molecule has 138 valence electrons. The van der Waals surface area contributed by atoms with Crippen LogP contribution in [0.3, 0.4) is 0 Å². The smallest absolute Gasteiger partial charge is 0.255 e. The zero-order chi connectivity index (χ0) is 18.8. The number of amides is 1. The minimum atomic E-state index is -0.257. The van der Waals surface area contributed by atoms with Gasteiger partial charge in [-0.05, 0) is 43.0 Å². The number of likely N-dealkylation sites (tertiary alicyclic amines) is 1. The van der Waals surface area contributed by atoms with E-state index in [-0.39, 0.29) is 17.8 Å². The van der Waals surface area contributed by atoms with Crippen molar-refractivity contribution in [2.24, 2.45) is 7.05 Å². The number of hydrogen-bond donors (Lipinski definition) is 0. The van der Waals surface area contributed by atoms with Crippen LogP contribution < -0.4 is 0 Å². The number of aromatic nitrogens is 2. The fourth-order valence-corrected chi connectivity index (χ4v) is 3.85. The molecule has 3 aromatic rings. The number of aryl methyl sites for hydroxylation is 1.